The van der Waals surface area contributed by atoms with Crippen molar-refractivity contribution >= 4 is 11.7 Å². The first kappa shape index (κ1) is 15.0. The molecule has 2 heterocycles. The summed E-state index contributed by atoms with van der Waals surface area (Å²) in [5.41, 5.74) is 3.85. The predicted octanol–water partition coefficient (Wildman–Crippen LogP) is 0.945. The van der Waals surface area contributed by atoms with E-state index >= 15 is 0 Å². The second kappa shape index (κ2) is 6.85. The molecule has 2 aromatic rings. The summed E-state index contributed by atoms with van der Waals surface area (Å²) in [7, 11) is 0. The Morgan fingerprint density at radius 2 is 2.29 bits per heavy atom. The van der Waals surface area contributed by atoms with Gasteiger partial charge in [0.25, 0.3) is 5.91 Å². The summed E-state index contributed by atoms with van der Waals surface area (Å²) in [6, 6.07) is 3.40. The van der Waals surface area contributed by atoms with E-state index in [1.807, 2.05) is 24.6 Å². The Morgan fingerprint density at radius 3 is 2.90 bits per heavy atom. The van der Waals surface area contributed by atoms with Crippen molar-refractivity contribution in [2.75, 3.05) is 5.43 Å². The lowest BCUT2D eigenvalue weighted by Crippen LogP contribution is -2.35. The number of aryl methyl sites for hydroxylation is 1. The molecule has 0 radical (unpaired) electrons. The standard InChI is InChI=1S/C14H20N6O/c1-3-12-6-11(7-13(18-12)19-15)14(21)17-10(2)8-20-5-4-16-9-20/h4-7,9-10H,3,8,15H2,1-2H3,(H,17,21)(H,18,19). The number of aromatic nitrogens is 3. The van der Waals surface area contributed by atoms with Crippen molar-refractivity contribution in [1.29, 1.82) is 0 Å². The first-order valence-electron chi connectivity index (χ1n) is 6.86. The molecule has 0 fully saturated rings. The minimum atomic E-state index is -0.142. The summed E-state index contributed by atoms with van der Waals surface area (Å²) in [4.78, 5) is 20.5. The SMILES string of the molecule is CCc1cc(C(=O)NC(C)Cn2ccnc2)cc(NN)n1. The van der Waals surface area contributed by atoms with Crippen LogP contribution in [0.3, 0.4) is 0 Å². The third kappa shape index (κ3) is 4.03. The summed E-state index contributed by atoms with van der Waals surface area (Å²) in [6.45, 7) is 4.59. The van der Waals surface area contributed by atoms with Crippen LogP contribution in [-0.4, -0.2) is 26.5 Å². The van der Waals surface area contributed by atoms with Crippen molar-refractivity contribution in [1.82, 2.24) is 19.9 Å². The Kier molecular flexibility index (Phi) is 4.89. The maximum absolute atomic E-state index is 12.3. The van der Waals surface area contributed by atoms with Crippen molar-refractivity contribution in [2.45, 2.75) is 32.9 Å². The summed E-state index contributed by atoms with van der Waals surface area (Å²) in [5, 5.41) is 2.95. The Balaban J connectivity index is 2.05. The van der Waals surface area contributed by atoms with E-state index in [0.717, 1.165) is 12.1 Å². The van der Waals surface area contributed by atoms with Gasteiger partial charge in [0.05, 0.1) is 6.33 Å². The number of nitrogens with one attached hydrogen (secondary N) is 2. The molecular formula is C14H20N6O. The van der Waals surface area contributed by atoms with E-state index in [4.69, 9.17) is 5.84 Å². The lowest BCUT2D eigenvalue weighted by molar-refractivity contribution is 0.0936. The normalized spacial score (nSPS) is 12.0. The van der Waals surface area contributed by atoms with Gasteiger partial charge in [0.2, 0.25) is 0 Å². The van der Waals surface area contributed by atoms with Crippen LogP contribution in [0.2, 0.25) is 0 Å². The molecule has 0 aliphatic carbocycles. The van der Waals surface area contributed by atoms with Gasteiger partial charge in [-0.2, -0.15) is 0 Å². The molecule has 0 spiro atoms. The number of nitrogens with two attached hydrogens (primary N) is 1. The number of hydrogen-bond acceptors (Lipinski definition) is 5. The quantitative estimate of drug-likeness (QED) is 0.543. The number of pyridine rings is 1. The third-order valence-corrected chi connectivity index (χ3v) is 3.07. The predicted molar refractivity (Wildman–Crippen MR) is 80.6 cm³/mol. The molecule has 2 aromatic heterocycles. The highest BCUT2D eigenvalue weighted by molar-refractivity contribution is 5.95. The number of amides is 1. The number of nitrogens with zero attached hydrogens (tertiary/aromatic N) is 3. The highest BCUT2D eigenvalue weighted by Gasteiger charge is 2.12. The molecule has 0 saturated heterocycles. The third-order valence-electron chi connectivity index (χ3n) is 3.07. The van der Waals surface area contributed by atoms with Gasteiger partial charge in [0.1, 0.15) is 5.82 Å². The maximum atomic E-state index is 12.3. The van der Waals surface area contributed by atoms with Crippen LogP contribution in [0.5, 0.6) is 0 Å². The van der Waals surface area contributed by atoms with Gasteiger partial charge in [-0.3, -0.25) is 4.79 Å². The van der Waals surface area contributed by atoms with Crippen LogP contribution in [0.25, 0.3) is 0 Å². The van der Waals surface area contributed by atoms with Gasteiger partial charge in [0, 0.05) is 36.2 Å². The van der Waals surface area contributed by atoms with Crippen molar-refractivity contribution in [3.05, 3.63) is 42.1 Å². The van der Waals surface area contributed by atoms with Crippen LogP contribution < -0.4 is 16.6 Å². The van der Waals surface area contributed by atoms with E-state index in [1.165, 1.54) is 0 Å². The molecule has 0 aliphatic rings. The fourth-order valence-corrected chi connectivity index (χ4v) is 2.04. The number of rotatable bonds is 6. The Morgan fingerprint density at radius 1 is 1.48 bits per heavy atom. The summed E-state index contributed by atoms with van der Waals surface area (Å²) in [5.74, 6) is 5.72. The molecule has 7 nitrogen and oxygen atoms in total. The van der Waals surface area contributed by atoms with Crippen LogP contribution in [0, 0.1) is 0 Å². The number of carbonyl (C=O) groups is 1. The molecule has 0 saturated carbocycles. The van der Waals surface area contributed by atoms with Gasteiger partial charge in [-0.05, 0) is 25.5 Å². The number of hydrogen-bond donors (Lipinski definition) is 3. The highest BCUT2D eigenvalue weighted by atomic mass is 16.1. The van der Waals surface area contributed by atoms with Gasteiger partial charge >= 0.3 is 0 Å². The van der Waals surface area contributed by atoms with Crippen LogP contribution in [0.1, 0.15) is 29.9 Å². The minimum Gasteiger partial charge on any atom is -0.348 e. The zero-order valence-electron chi connectivity index (χ0n) is 12.2. The number of anilines is 1. The van der Waals surface area contributed by atoms with Gasteiger partial charge in [-0.25, -0.2) is 15.8 Å². The molecule has 1 atom stereocenters. The smallest absolute Gasteiger partial charge is 0.251 e. The molecule has 4 N–H and O–H groups in total. The fraction of sp³-hybridized carbons (Fsp3) is 0.357. The molecule has 21 heavy (non-hydrogen) atoms. The molecule has 0 bridgehead atoms. The van der Waals surface area contributed by atoms with E-state index < -0.39 is 0 Å². The van der Waals surface area contributed by atoms with Crippen LogP contribution in [0.4, 0.5) is 5.82 Å². The first-order chi connectivity index (χ1) is 10.1. The maximum Gasteiger partial charge on any atom is 0.251 e. The van der Waals surface area contributed by atoms with Crippen LogP contribution >= 0.6 is 0 Å². The monoisotopic (exact) mass is 288 g/mol. The largest absolute Gasteiger partial charge is 0.348 e. The lowest BCUT2D eigenvalue weighted by Gasteiger charge is -2.15. The molecule has 0 aliphatic heterocycles. The number of hydrazine groups is 1. The Bertz CT molecular complexity index is 573. The Hall–Kier alpha value is -2.41. The van der Waals surface area contributed by atoms with Gasteiger partial charge in [0.15, 0.2) is 0 Å². The van der Waals surface area contributed by atoms with Crippen molar-refractivity contribution < 1.29 is 4.79 Å². The van der Waals surface area contributed by atoms with Gasteiger partial charge in [-0.1, -0.05) is 6.92 Å². The number of imidazole rings is 1. The van der Waals surface area contributed by atoms with Gasteiger partial charge < -0.3 is 15.3 Å². The van der Waals surface area contributed by atoms with E-state index in [9.17, 15) is 4.79 Å². The van der Waals surface area contributed by atoms with Crippen molar-refractivity contribution in [3.8, 4) is 0 Å². The average molecular weight is 288 g/mol. The van der Waals surface area contributed by atoms with E-state index in [2.05, 4.69) is 20.7 Å². The second-order valence-corrected chi connectivity index (χ2v) is 4.86. The molecule has 0 aromatic carbocycles. The van der Waals surface area contributed by atoms with Crippen molar-refractivity contribution in [2.24, 2.45) is 5.84 Å². The zero-order valence-corrected chi connectivity index (χ0v) is 12.2. The van der Waals surface area contributed by atoms with Crippen LogP contribution in [0.15, 0.2) is 30.9 Å². The van der Waals surface area contributed by atoms with E-state index in [-0.39, 0.29) is 11.9 Å². The van der Waals surface area contributed by atoms with Gasteiger partial charge in [-0.15, -0.1) is 0 Å². The second-order valence-electron chi connectivity index (χ2n) is 4.86. The minimum absolute atomic E-state index is 0.0146. The molecule has 112 valence electrons. The molecule has 1 unspecified atom stereocenters. The van der Waals surface area contributed by atoms with E-state index in [1.54, 1.807) is 24.7 Å². The first-order valence-corrected chi connectivity index (χ1v) is 6.86. The molecule has 7 heteroatoms. The summed E-state index contributed by atoms with van der Waals surface area (Å²) >= 11 is 0. The van der Waals surface area contributed by atoms with E-state index in [0.29, 0.717) is 17.9 Å². The topological polar surface area (TPSA) is 97.9 Å². The Labute approximate surface area is 123 Å². The number of carbonyl (C=O) groups excluding carboxylic acids is 1. The molecule has 2 rings (SSSR count). The van der Waals surface area contributed by atoms with Crippen molar-refractivity contribution in [3.63, 3.8) is 0 Å². The van der Waals surface area contributed by atoms with Crippen LogP contribution in [-0.2, 0) is 13.0 Å². The zero-order chi connectivity index (χ0) is 15.2. The molecular weight excluding hydrogens is 268 g/mol. The average Bonchev–Trinajstić information content (AvgIpc) is 2.99. The number of nitrogen functional groups attached to an aromatic ring is 1. The fourth-order valence-electron chi connectivity index (χ4n) is 2.04. The molecule has 1 amide bonds. The summed E-state index contributed by atoms with van der Waals surface area (Å²) < 4.78 is 1.92. The lowest BCUT2D eigenvalue weighted by atomic mass is 10.1. The highest BCUT2D eigenvalue weighted by Crippen LogP contribution is 2.10. The summed E-state index contributed by atoms with van der Waals surface area (Å²) in [6.07, 6.45) is 6.03.